The lowest BCUT2D eigenvalue weighted by molar-refractivity contribution is -0.160. The smallest absolute Gasteiger partial charge is 0.312 e. The van der Waals surface area contributed by atoms with E-state index in [-0.39, 0.29) is 25.0 Å². The van der Waals surface area contributed by atoms with E-state index in [1.807, 2.05) is 6.92 Å². The first kappa shape index (κ1) is 24.0. The third-order valence-corrected chi connectivity index (χ3v) is 7.64. The Morgan fingerprint density at radius 1 is 1.24 bits per heavy atom. The van der Waals surface area contributed by atoms with E-state index >= 15 is 0 Å². The summed E-state index contributed by atoms with van der Waals surface area (Å²) in [5, 5.41) is 12.7. The molecule has 2 amide bonds. The Morgan fingerprint density at radius 3 is 2.61 bits per heavy atom. The Balaban J connectivity index is 1.71. The summed E-state index contributed by atoms with van der Waals surface area (Å²) in [6.45, 7) is 4.19. The van der Waals surface area contributed by atoms with Gasteiger partial charge in [-0.15, -0.1) is 0 Å². The van der Waals surface area contributed by atoms with Gasteiger partial charge in [0, 0.05) is 23.9 Å². The van der Waals surface area contributed by atoms with E-state index in [1.54, 1.807) is 36.1 Å². The molecule has 1 aromatic carbocycles. The van der Waals surface area contributed by atoms with Gasteiger partial charge in [-0.1, -0.05) is 18.5 Å². The van der Waals surface area contributed by atoms with Crippen molar-refractivity contribution in [2.75, 3.05) is 25.1 Å². The molecule has 2 N–H and O–H groups in total. The van der Waals surface area contributed by atoms with Crippen molar-refractivity contribution in [3.05, 3.63) is 29.3 Å². The predicted molar refractivity (Wildman–Crippen MR) is 122 cm³/mol. The molecule has 3 aliphatic heterocycles. The van der Waals surface area contributed by atoms with E-state index in [0.29, 0.717) is 49.4 Å². The summed E-state index contributed by atoms with van der Waals surface area (Å²) in [7, 11) is 0. The van der Waals surface area contributed by atoms with Crippen LogP contribution in [0.4, 0.5) is 5.69 Å². The van der Waals surface area contributed by atoms with Crippen molar-refractivity contribution in [1.82, 2.24) is 4.90 Å². The number of rotatable bonds is 9. The van der Waals surface area contributed by atoms with E-state index in [9.17, 15) is 19.5 Å². The maximum atomic E-state index is 13.7. The molecule has 3 fully saturated rings. The summed E-state index contributed by atoms with van der Waals surface area (Å²) in [5.74, 6) is -2.54. The molecule has 3 heterocycles. The summed E-state index contributed by atoms with van der Waals surface area (Å²) < 4.78 is 12.0. The minimum Gasteiger partial charge on any atom is -0.466 e. The number of ether oxygens (including phenoxy) is 2. The van der Waals surface area contributed by atoms with Crippen molar-refractivity contribution >= 4 is 35.1 Å². The largest absolute Gasteiger partial charge is 0.466 e. The summed E-state index contributed by atoms with van der Waals surface area (Å²) in [5.41, 5.74) is -1.32. The lowest BCUT2D eigenvalue weighted by Crippen LogP contribution is -2.53. The van der Waals surface area contributed by atoms with Crippen LogP contribution in [0, 0.1) is 11.8 Å². The Labute approximate surface area is 198 Å². The SMILES string of the molecule is CCOC(=O)[C@H]1[C@H]2C(=O)N(CCCCO)C(C(=O)Nc3ccc(Cl)cc3)C23CC[C@]1(CC)O3. The molecule has 3 aliphatic rings. The number of amides is 2. The van der Waals surface area contributed by atoms with E-state index in [1.165, 1.54) is 0 Å². The number of aliphatic hydroxyl groups is 1. The summed E-state index contributed by atoms with van der Waals surface area (Å²) >= 11 is 5.96. The van der Waals surface area contributed by atoms with E-state index in [2.05, 4.69) is 5.32 Å². The van der Waals surface area contributed by atoms with Gasteiger partial charge in [-0.2, -0.15) is 0 Å². The summed E-state index contributed by atoms with van der Waals surface area (Å²) in [6.07, 6.45) is 2.71. The molecular formula is C24H31ClN2O6. The summed E-state index contributed by atoms with van der Waals surface area (Å²) in [4.78, 5) is 41.9. The molecule has 1 aromatic rings. The number of esters is 1. The van der Waals surface area contributed by atoms with Crippen molar-refractivity contribution < 1.29 is 29.0 Å². The van der Waals surface area contributed by atoms with Crippen molar-refractivity contribution in [2.24, 2.45) is 11.8 Å². The van der Waals surface area contributed by atoms with Crippen molar-refractivity contribution in [2.45, 2.75) is 63.2 Å². The second-order valence-corrected chi connectivity index (χ2v) is 9.48. The Hall–Kier alpha value is -2.16. The maximum Gasteiger partial charge on any atom is 0.312 e. The first-order valence-corrected chi connectivity index (χ1v) is 12.1. The van der Waals surface area contributed by atoms with Crippen molar-refractivity contribution in [3.8, 4) is 0 Å². The number of likely N-dealkylation sites (tertiary alicyclic amines) is 1. The molecular weight excluding hydrogens is 448 g/mol. The second kappa shape index (κ2) is 9.24. The molecule has 180 valence electrons. The van der Waals surface area contributed by atoms with Crippen LogP contribution in [0.5, 0.6) is 0 Å². The van der Waals surface area contributed by atoms with Crippen LogP contribution < -0.4 is 5.32 Å². The van der Waals surface area contributed by atoms with Gasteiger partial charge in [0.1, 0.15) is 17.6 Å². The number of carbonyl (C=O) groups is 3. The molecule has 3 saturated heterocycles. The van der Waals surface area contributed by atoms with Crippen LogP contribution >= 0.6 is 11.6 Å². The van der Waals surface area contributed by atoms with Crippen LogP contribution in [0.2, 0.25) is 5.02 Å². The third kappa shape index (κ3) is 3.82. The Morgan fingerprint density at radius 2 is 1.97 bits per heavy atom. The standard InChI is InChI=1S/C24H31ClN2O6/c1-3-23-11-12-24(33-23)17(18(23)22(31)32-4-2)21(30)27(13-5-6-14-28)19(24)20(29)26-16-9-7-15(25)8-10-16/h7-10,17-19,28H,3-6,11-14H2,1-2H3,(H,26,29)/t17-,18+,19?,23-,24?/m0/s1. The molecule has 0 radical (unpaired) electrons. The monoisotopic (exact) mass is 478 g/mol. The van der Waals surface area contributed by atoms with Gasteiger partial charge in [0.2, 0.25) is 11.8 Å². The number of hydrogen-bond donors (Lipinski definition) is 2. The Bertz CT molecular complexity index is 924. The number of carbonyl (C=O) groups excluding carboxylic acids is 3. The zero-order valence-electron chi connectivity index (χ0n) is 19.0. The number of hydrogen-bond acceptors (Lipinski definition) is 6. The molecule has 0 saturated carbocycles. The molecule has 2 bridgehead atoms. The van der Waals surface area contributed by atoms with E-state index < -0.39 is 35.0 Å². The molecule has 0 aliphatic carbocycles. The predicted octanol–water partition coefficient (Wildman–Crippen LogP) is 2.77. The van der Waals surface area contributed by atoms with E-state index in [0.717, 1.165) is 0 Å². The maximum absolute atomic E-state index is 13.7. The number of nitrogens with zero attached hydrogens (tertiary/aromatic N) is 1. The number of aliphatic hydroxyl groups excluding tert-OH is 1. The molecule has 1 spiro atoms. The quantitative estimate of drug-likeness (QED) is 0.417. The van der Waals surface area contributed by atoms with Crippen LogP contribution in [0.3, 0.4) is 0 Å². The number of nitrogens with one attached hydrogen (secondary N) is 1. The van der Waals surface area contributed by atoms with Gasteiger partial charge in [-0.05, 0) is 63.3 Å². The lowest BCUT2D eigenvalue weighted by Gasteiger charge is -2.33. The average molecular weight is 479 g/mol. The van der Waals surface area contributed by atoms with Gasteiger partial charge in [-0.3, -0.25) is 14.4 Å². The highest BCUT2D eigenvalue weighted by molar-refractivity contribution is 6.30. The fourth-order valence-corrected chi connectivity index (χ4v) is 6.11. The third-order valence-electron chi connectivity index (χ3n) is 7.39. The fourth-order valence-electron chi connectivity index (χ4n) is 5.99. The topological polar surface area (TPSA) is 105 Å². The van der Waals surface area contributed by atoms with Crippen LogP contribution in [0.15, 0.2) is 24.3 Å². The highest BCUT2D eigenvalue weighted by atomic mass is 35.5. The molecule has 8 nitrogen and oxygen atoms in total. The van der Waals surface area contributed by atoms with Crippen LogP contribution in [0.1, 0.15) is 46.0 Å². The van der Waals surface area contributed by atoms with E-state index in [4.69, 9.17) is 21.1 Å². The normalized spacial score (nSPS) is 32.2. The second-order valence-electron chi connectivity index (χ2n) is 9.04. The first-order chi connectivity index (χ1) is 15.8. The molecule has 4 rings (SSSR count). The van der Waals surface area contributed by atoms with Gasteiger partial charge in [-0.25, -0.2) is 0 Å². The van der Waals surface area contributed by atoms with Crippen LogP contribution in [-0.2, 0) is 23.9 Å². The molecule has 0 aromatic heterocycles. The summed E-state index contributed by atoms with van der Waals surface area (Å²) in [6, 6.07) is 5.88. The highest BCUT2D eigenvalue weighted by Gasteiger charge is 2.78. The van der Waals surface area contributed by atoms with Gasteiger partial charge in [0.25, 0.3) is 0 Å². The zero-order chi connectivity index (χ0) is 23.8. The highest BCUT2D eigenvalue weighted by Crippen LogP contribution is 2.64. The van der Waals surface area contributed by atoms with Crippen molar-refractivity contribution in [1.29, 1.82) is 0 Å². The van der Waals surface area contributed by atoms with Gasteiger partial charge >= 0.3 is 5.97 Å². The number of anilines is 1. The molecule has 2 unspecified atom stereocenters. The average Bonchev–Trinajstić information content (AvgIpc) is 3.39. The van der Waals surface area contributed by atoms with Crippen molar-refractivity contribution in [3.63, 3.8) is 0 Å². The number of halogens is 1. The number of unbranched alkanes of at least 4 members (excludes halogenated alkanes) is 1. The molecule has 33 heavy (non-hydrogen) atoms. The fraction of sp³-hybridized carbons (Fsp3) is 0.625. The lowest BCUT2D eigenvalue weighted by atomic mass is 9.65. The van der Waals surface area contributed by atoms with Gasteiger partial charge in [0.15, 0.2) is 0 Å². The molecule has 5 atom stereocenters. The zero-order valence-corrected chi connectivity index (χ0v) is 19.8. The first-order valence-electron chi connectivity index (χ1n) is 11.7. The minimum atomic E-state index is -1.08. The van der Waals surface area contributed by atoms with Gasteiger partial charge in [0.05, 0.1) is 18.1 Å². The Kier molecular flexibility index (Phi) is 6.71. The van der Waals surface area contributed by atoms with Crippen LogP contribution in [0.25, 0.3) is 0 Å². The van der Waals surface area contributed by atoms with Gasteiger partial charge < -0.3 is 24.8 Å². The minimum absolute atomic E-state index is 0.000857. The molecule has 9 heteroatoms. The number of benzene rings is 1. The number of fused-ring (bicyclic) bond motifs is 1. The van der Waals surface area contributed by atoms with Crippen LogP contribution in [-0.4, -0.2) is 64.8 Å².